The van der Waals surface area contributed by atoms with Gasteiger partial charge >= 0.3 is 0 Å². The molecule has 6 heteroatoms. The van der Waals surface area contributed by atoms with Crippen molar-refractivity contribution in [2.24, 2.45) is 11.7 Å². The zero-order valence-electron chi connectivity index (χ0n) is 12.1. The first kappa shape index (κ1) is 15.9. The number of aromatic nitrogens is 2. The first-order chi connectivity index (χ1) is 9.95. The summed E-state index contributed by atoms with van der Waals surface area (Å²) in [5, 5.41) is 4.22. The lowest BCUT2D eigenvalue weighted by Crippen LogP contribution is -2.24. The Morgan fingerprint density at radius 3 is 2.81 bits per heavy atom. The predicted molar refractivity (Wildman–Crippen MR) is 79.6 cm³/mol. The van der Waals surface area contributed by atoms with E-state index in [4.69, 9.17) is 21.9 Å². The Morgan fingerprint density at radius 1 is 1.38 bits per heavy atom. The van der Waals surface area contributed by atoms with E-state index in [1.54, 1.807) is 12.1 Å². The summed E-state index contributed by atoms with van der Waals surface area (Å²) in [4.78, 5) is 4.25. The summed E-state index contributed by atoms with van der Waals surface area (Å²) in [7, 11) is 0. The molecule has 0 saturated carbocycles. The molecule has 0 bridgehead atoms. The van der Waals surface area contributed by atoms with Crippen molar-refractivity contribution in [2.45, 2.75) is 39.2 Å². The van der Waals surface area contributed by atoms with Crippen molar-refractivity contribution in [3.8, 4) is 0 Å². The predicted octanol–water partition coefficient (Wildman–Crippen LogP) is 3.37. The number of benzene rings is 1. The molecule has 2 aromatic rings. The van der Waals surface area contributed by atoms with Gasteiger partial charge in [-0.05, 0) is 24.5 Å². The SMILES string of the molecule is CC(C)CC(N)Cc1nc(Cc2c(F)cccc2Cl)no1. The highest BCUT2D eigenvalue weighted by molar-refractivity contribution is 6.31. The molecule has 0 aliphatic heterocycles. The van der Waals surface area contributed by atoms with E-state index in [0.717, 1.165) is 6.42 Å². The minimum atomic E-state index is -0.370. The van der Waals surface area contributed by atoms with E-state index in [0.29, 0.717) is 34.6 Å². The highest BCUT2D eigenvalue weighted by atomic mass is 35.5. The maximum Gasteiger partial charge on any atom is 0.228 e. The quantitative estimate of drug-likeness (QED) is 0.888. The first-order valence-corrected chi connectivity index (χ1v) is 7.33. The van der Waals surface area contributed by atoms with Crippen molar-refractivity contribution in [1.82, 2.24) is 10.1 Å². The average Bonchev–Trinajstić information content (AvgIpc) is 2.80. The van der Waals surface area contributed by atoms with Crippen LogP contribution in [0.2, 0.25) is 5.02 Å². The number of hydrogen-bond acceptors (Lipinski definition) is 4. The molecule has 1 heterocycles. The molecule has 1 aromatic heterocycles. The van der Waals surface area contributed by atoms with Gasteiger partial charge in [-0.15, -0.1) is 0 Å². The molecule has 114 valence electrons. The number of rotatable bonds is 6. The molecule has 1 aromatic carbocycles. The standard InChI is InChI=1S/C15H19ClFN3O/c1-9(2)6-10(18)7-15-19-14(20-21-15)8-11-12(16)4-3-5-13(11)17/h3-5,9-10H,6-8,18H2,1-2H3. The minimum absolute atomic E-state index is 0.0182. The lowest BCUT2D eigenvalue weighted by Gasteiger charge is -2.10. The van der Waals surface area contributed by atoms with Crippen LogP contribution < -0.4 is 5.73 Å². The van der Waals surface area contributed by atoms with Crippen LogP contribution in [0.15, 0.2) is 22.7 Å². The smallest absolute Gasteiger partial charge is 0.228 e. The van der Waals surface area contributed by atoms with E-state index in [9.17, 15) is 4.39 Å². The highest BCUT2D eigenvalue weighted by Gasteiger charge is 2.15. The van der Waals surface area contributed by atoms with Crippen molar-refractivity contribution < 1.29 is 8.91 Å². The lowest BCUT2D eigenvalue weighted by atomic mass is 10.0. The van der Waals surface area contributed by atoms with Gasteiger partial charge in [0, 0.05) is 29.5 Å². The second-order valence-electron chi connectivity index (χ2n) is 5.58. The Hall–Kier alpha value is -1.46. The van der Waals surface area contributed by atoms with E-state index in [1.165, 1.54) is 6.07 Å². The van der Waals surface area contributed by atoms with Crippen molar-refractivity contribution in [3.05, 3.63) is 46.3 Å². The molecule has 0 radical (unpaired) electrons. The first-order valence-electron chi connectivity index (χ1n) is 6.95. The van der Waals surface area contributed by atoms with Crippen molar-refractivity contribution >= 4 is 11.6 Å². The molecule has 21 heavy (non-hydrogen) atoms. The van der Waals surface area contributed by atoms with Crippen LogP contribution in [0.25, 0.3) is 0 Å². The van der Waals surface area contributed by atoms with Crippen LogP contribution in [0.1, 0.15) is 37.5 Å². The summed E-state index contributed by atoms with van der Waals surface area (Å²) < 4.78 is 18.9. The minimum Gasteiger partial charge on any atom is -0.339 e. The molecule has 0 aliphatic carbocycles. The van der Waals surface area contributed by atoms with Crippen LogP contribution in [-0.4, -0.2) is 16.2 Å². The van der Waals surface area contributed by atoms with E-state index in [2.05, 4.69) is 24.0 Å². The number of halogens is 2. The Balaban J connectivity index is 2.03. The van der Waals surface area contributed by atoms with Gasteiger partial charge in [-0.25, -0.2) is 4.39 Å². The fourth-order valence-electron chi connectivity index (χ4n) is 2.22. The van der Waals surface area contributed by atoms with Crippen LogP contribution in [-0.2, 0) is 12.8 Å². The van der Waals surface area contributed by atoms with Gasteiger partial charge in [-0.1, -0.05) is 36.7 Å². The van der Waals surface area contributed by atoms with Gasteiger partial charge in [-0.3, -0.25) is 0 Å². The van der Waals surface area contributed by atoms with Gasteiger partial charge < -0.3 is 10.3 Å². The molecule has 1 unspecified atom stereocenters. The fraction of sp³-hybridized carbons (Fsp3) is 0.467. The lowest BCUT2D eigenvalue weighted by molar-refractivity contribution is 0.355. The number of hydrogen-bond donors (Lipinski definition) is 1. The largest absolute Gasteiger partial charge is 0.339 e. The van der Waals surface area contributed by atoms with E-state index in [1.807, 2.05) is 0 Å². The summed E-state index contributed by atoms with van der Waals surface area (Å²) in [6.07, 6.45) is 1.61. The summed E-state index contributed by atoms with van der Waals surface area (Å²) >= 11 is 5.98. The molecular formula is C15H19ClFN3O. The highest BCUT2D eigenvalue weighted by Crippen LogP contribution is 2.21. The van der Waals surface area contributed by atoms with Crippen molar-refractivity contribution in [1.29, 1.82) is 0 Å². The second-order valence-corrected chi connectivity index (χ2v) is 5.98. The second kappa shape index (κ2) is 7.00. The zero-order chi connectivity index (χ0) is 15.4. The van der Waals surface area contributed by atoms with Gasteiger partial charge in [0.2, 0.25) is 5.89 Å². The van der Waals surface area contributed by atoms with Crippen LogP contribution in [0, 0.1) is 11.7 Å². The van der Waals surface area contributed by atoms with Gasteiger partial charge in [0.05, 0.1) is 0 Å². The van der Waals surface area contributed by atoms with Gasteiger partial charge in [0.1, 0.15) is 5.82 Å². The maximum absolute atomic E-state index is 13.7. The molecule has 0 fully saturated rings. The Labute approximate surface area is 128 Å². The monoisotopic (exact) mass is 311 g/mol. The molecule has 0 amide bonds. The van der Waals surface area contributed by atoms with Gasteiger partial charge in [0.25, 0.3) is 0 Å². The van der Waals surface area contributed by atoms with Crippen LogP contribution in [0.4, 0.5) is 4.39 Å². The van der Waals surface area contributed by atoms with Crippen LogP contribution in [0.3, 0.4) is 0 Å². The number of nitrogens with two attached hydrogens (primary N) is 1. The topological polar surface area (TPSA) is 64.9 Å². The summed E-state index contributed by atoms with van der Waals surface area (Å²) in [5.74, 6) is 1.03. The molecule has 2 rings (SSSR count). The summed E-state index contributed by atoms with van der Waals surface area (Å²) in [5.41, 5.74) is 6.38. The molecular weight excluding hydrogens is 293 g/mol. The zero-order valence-corrected chi connectivity index (χ0v) is 12.9. The van der Waals surface area contributed by atoms with E-state index in [-0.39, 0.29) is 18.3 Å². The molecule has 0 saturated heterocycles. The van der Waals surface area contributed by atoms with Gasteiger partial charge in [-0.2, -0.15) is 4.98 Å². The third-order valence-electron chi connectivity index (χ3n) is 3.12. The molecule has 4 nitrogen and oxygen atoms in total. The maximum atomic E-state index is 13.7. The average molecular weight is 312 g/mol. The van der Waals surface area contributed by atoms with E-state index >= 15 is 0 Å². The van der Waals surface area contributed by atoms with Gasteiger partial charge in [0.15, 0.2) is 5.82 Å². The fourth-order valence-corrected chi connectivity index (χ4v) is 2.45. The molecule has 1 atom stereocenters. The Bertz CT molecular complexity index is 580. The Kier molecular flexibility index (Phi) is 5.31. The van der Waals surface area contributed by atoms with E-state index < -0.39 is 0 Å². The Morgan fingerprint density at radius 2 is 2.14 bits per heavy atom. The summed E-state index contributed by atoms with van der Waals surface area (Å²) in [6, 6.07) is 4.55. The third kappa shape index (κ3) is 4.51. The summed E-state index contributed by atoms with van der Waals surface area (Å²) in [6.45, 7) is 4.22. The normalized spacial score (nSPS) is 12.9. The number of nitrogens with zero attached hydrogens (tertiary/aromatic N) is 2. The van der Waals surface area contributed by atoms with Crippen molar-refractivity contribution in [3.63, 3.8) is 0 Å². The molecule has 0 aliphatic rings. The third-order valence-corrected chi connectivity index (χ3v) is 3.47. The molecule has 0 spiro atoms. The van der Waals surface area contributed by atoms with Crippen molar-refractivity contribution in [2.75, 3.05) is 0 Å². The van der Waals surface area contributed by atoms with Crippen LogP contribution in [0.5, 0.6) is 0 Å². The molecule has 2 N–H and O–H groups in total. The van der Waals surface area contributed by atoms with Crippen LogP contribution >= 0.6 is 11.6 Å².